The third-order valence-electron chi connectivity index (χ3n) is 3.10. The monoisotopic (exact) mass is 396 g/mol. The van der Waals surface area contributed by atoms with E-state index in [1.807, 2.05) is 6.07 Å². The van der Waals surface area contributed by atoms with Crippen molar-refractivity contribution in [3.05, 3.63) is 77.2 Å². The highest BCUT2D eigenvalue weighted by molar-refractivity contribution is 7.89. The molecule has 0 saturated heterocycles. The average Bonchev–Trinajstić information content (AvgIpc) is 2.55. The molecule has 2 N–H and O–H groups in total. The number of allylic oxidation sites excluding steroid dienone is 2. The Morgan fingerprint density at radius 3 is 1.92 bits per heavy atom. The number of benzene rings is 2. The molecule has 8 heteroatoms. The molecule has 0 heterocycles. The van der Waals surface area contributed by atoms with Crippen molar-refractivity contribution in [2.24, 2.45) is 0 Å². The van der Waals surface area contributed by atoms with Gasteiger partial charge in [-0.05, 0) is 36.6 Å². The van der Waals surface area contributed by atoms with Crippen molar-refractivity contribution in [3.8, 4) is 0 Å². The van der Waals surface area contributed by atoms with Crippen LogP contribution < -0.4 is 0 Å². The molecule has 0 saturated carbocycles. The molecule has 0 unspecified atom stereocenters. The van der Waals surface area contributed by atoms with E-state index in [2.05, 4.69) is 0 Å². The van der Waals surface area contributed by atoms with Crippen molar-refractivity contribution < 1.29 is 25.9 Å². The zero-order valence-electron chi connectivity index (χ0n) is 14.3. The Bertz CT molecular complexity index is 989. The van der Waals surface area contributed by atoms with Crippen LogP contribution in [-0.4, -0.2) is 25.9 Å². The Labute approximate surface area is 154 Å². The molecule has 0 aliphatic carbocycles. The van der Waals surface area contributed by atoms with E-state index in [4.69, 9.17) is 9.11 Å². The van der Waals surface area contributed by atoms with Gasteiger partial charge in [0.05, 0.1) is 5.41 Å². The van der Waals surface area contributed by atoms with E-state index in [1.54, 1.807) is 68.5 Å². The first-order chi connectivity index (χ1) is 12.0. The second kappa shape index (κ2) is 9.44. The van der Waals surface area contributed by atoms with Gasteiger partial charge in [0.15, 0.2) is 0 Å². The van der Waals surface area contributed by atoms with Crippen molar-refractivity contribution in [2.75, 3.05) is 0 Å². The van der Waals surface area contributed by atoms with Crippen LogP contribution in [0, 0.1) is 0 Å². The maximum absolute atomic E-state index is 10.9. The maximum Gasteiger partial charge on any atom is 0.295 e. The molecule has 0 aromatic heterocycles. The first-order valence-corrected chi connectivity index (χ1v) is 10.4. The summed E-state index contributed by atoms with van der Waals surface area (Å²) in [6, 6.07) is 15.3. The third kappa shape index (κ3) is 7.75. The van der Waals surface area contributed by atoms with Gasteiger partial charge >= 0.3 is 0 Å². The van der Waals surface area contributed by atoms with Gasteiger partial charge in [0.2, 0.25) is 0 Å². The topological polar surface area (TPSA) is 109 Å². The summed E-state index contributed by atoms with van der Waals surface area (Å²) < 4.78 is 60.1. The minimum absolute atomic E-state index is 0.0619. The molecule has 0 aliphatic heterocycles. The number of hydrogen-bond acceptors (Lipinski definition) is 4. The highest BCUT2D eigenvalue weighted by atomic mass is 32.2. The van der Waals surface area contributed by atoms with Gasteiger partial charge in [-0.2, -0.15) is 16.8 Å². The van der Waals surface area contributed by atoms with E-state index in [1.165, 1.54) is 6.07 Å². The standard InChI is InChI=1S/2C9H10O3S/c1-8(7-13(10,11)12)9-5-3-2-4-6-9;1-2-5-8-6-3-4-7-9(8)13(10,11)12/h2*2-7H,1H3,(H,10,11,12). The molecule has 0 radical (unpaired) electrons. The van der Waals surface area contributed by atoms with Gasteiger partial charge in [0.1, 0.15) is 4.90 Å². The van der Waals surface area contributed by atoms with Crippen LogP contribution in [0.15, 0.2) is 71.0 Å². The van der Waals surface area contributed by atoms with Crippen molar-refractivity contribution in [1.29, 1.82) is 0 Å². The summed E-state index contributed by atoms with van der Waals surface area (Å²) in [4.78, 5) is -0.0619. The summed E-state index contributed by atoms with van der Waals surface area (Å²) >= 11 is 0. The van der Waals surface area contributed by atoms with E-state index < -0.39 is 20.2 Å². The molecule has 26 heavy (non-hydrogen) atoms. The number of hydrogen-bond donors (Lipinski definition) is 2. The molecule has 2 rings (SSSR count). The fraction of sp³-hybridized carbons (Fsp3) is 0.111. The Morgan fingerprint density at radius 2 is 1.42 bits per heavy atom. The van der Waals surface area contributed by atoms with Crippen LogP contribution in [-0.2, 0) is 20.2 Å². The summed E-state index contributed by atoms with van der Waals surface area (Å²) in [5.41, 5.74) is 1.79. The molecule has 0 atom stereocenters. The quantitative estimate of drug-likeness (QED) is 0.759. The molecule has 0 spiro atoms. The van der Waals surface area contributed by atoms with Gasteiger partial charge in [-0.1, -0.05) is 60.7 Å². The van der Waals surface area contributed by atoms with Gasteiger partial charge in [-0.3, -0.25) is 9.11 Å². The summed E-state index contributed by atoms with van der Waals surface area (Å²) in [5, 5.41) is 0.836. The fourth-order valence-electron chi connectivity index (χ4n) is 2.03. The second-order valence-corrected chi connectivity index (χ2v) is 7.85. The van der Waals surface area contributed by atoms with E-state index in [-0.39, 0.29) is 4.90 Å². The summed E-state index contributed by atoms with van der Waals surface area (Å²) in [7, 11) is -8.14. The predicted octanol–water partition coefficient (Wildman–Crippen LogP) is 3.90. The van der Waals surface area contributed by atoms with Crippen LogP contribution in [0.1, 0.15) is 25.0 Å². The lowest BCUT2D eigenvalue weighted by molar-refractivity contribution is 0.482. The van der Waals surface area contributed by atoms with Gasteiger partial charge in [0.25, 0.3) is 20.2 Å². The third-order valence-corrected chi connectivity index (χ3v) is 4.68. The molecule has 0 fully saturated rings. The molecule has 2 aromatic carbocycles. The molecular weight excluding hydrogens is 376 g/mol. The lowest BCUT2D eigenvalue weighted by Crippen LogP contribution is -1.99. The van der Waals surface area contributed by atoms with Crippen LogP contribution in [0.25, 0.3) is 11.6 Å². The van der Waals surface area contributed by atoms with Gasteiger partial charge < -0.3 is 0 Å². The Hall–Kier alpha value is -2.26. The summed E-state index contributed by atoms with van der Waals surface area (Å²) in [6.45, 7) is 3.41. The molecule has 0 amide bonds. The van der Waals surface area contributed by atoms with Crippen LogP contribution in [0.2, 0.25) is 0 Å². The zero-order valence-corrected chi connectivity index (χ0v) is 15.9. The van der Waals surface area contributed by atoms with Crippen LogP contribution in [0.4, 0.5) is 0 Å². The zero-order chi connectivity index (χ0) is 19.8. The SMILES string of the molecule is CC(=CS(=O)(=O)O)c1ccccc1.CC=Cc1ccccc1S(=O)(=O)O. The molecule has 6 nitrogen and oxygen atoms in total. The normalized spacial score (nSPS) is 12.5. The molecule has 2 aromatic rings. The van der Waals surface area contributed by atoms with E-state index in [0.29, 0.717) is 11.1 Å². The van der Waals surface area contributed by atoms with Crippen LogP contribution >= 0.6 is 0 Å². The first kappa shape index (κ1) is 21.8. The minimum Gasteiger partial charge on any atom is -0.282 e. The van der Waals surface area contributed by atoms with E-state index in [0.717, 1.165) is 11.0 Å². The van der Waals surface area contributed by atoms with Crippen molar-refractivity contribution in [3.63, 3.8) is 0 Å². The highest BCUT2D eigenvalue weighted by Crippen LogP contribution is 2.16. The molecule has 140 valence electrons. The molecule has 0 bridgehead atoms. The fourth-order valence-corrected chi connectivity index (χ4v) is 3.29. The Morgan fingerprint density at radius 1 is 0.885 bits per heavy atom. The lowest BCUT2D eigenvalue weighted by Gasteiger charge is -2.00. The number of rotatable bonds is 4. The van der Waals surface area contributed by atoms with Gasteiger partial charge in [-0.15, -0.1) is 0 Å². The second-order valence-electron chi connectivity index (χ2n) is 5.19. The van der Waals surface area contributed by atoms with Crippen LogP contribution in [0.3, 0.4) is 0 Å². The smallest absolute Gasteiger partial charge is 0.282 e. The van der Waals surface area contributed by atoms with E-state index in [9.17, 15) is 16.8 Å². The summed E-state index contributed by atoms with van der Waals surface area (Å²) in [6.07, 6.45) is 3.34. The molecular formula is C18H20O6S2. The van der Waals surface area contributed by atoms with E-state index >= 15 is 0 Å². The van der Waals surface area contributed by atoms with Gasteiger partial charge in [-0.25, -0.2) is 0 Å². The maximum atomic E-state index is 10.9. The van der Waals surface area contributed by atoms with Crippen LogP contribution in [0.5, 0.6) is 0 Å². The lowest BCUT2D eigenvalue weighted by atomic mass is 10.1. The first-order valence-electron chi connectivity index (χ1n) is 7.45. The van der Waals surface area contributed by atoms with Crippen molar-refractivity contribution in [1.82, 2.24) is 0 Å². The molecule has 0 aliphatic rings. The summed E-state index contributed by atoms with van der Waals surface area (Å²) in [5.74, 6) is 0. The van der Waals surface area contributed by atoms with Crippen molar-refractivity contribution in [2.45, 2.75) is 18.7 Å². The van der Waals surface area contributed by atoms with Crippen molar-refractivity contribution >= 4 is 31.9 Å². The minimum atomic E-state index is -4.11. The average molecular weight is 396 g/mol. The highest BCUT2D eigenvalue weighted by Gasteiger charge is 2.11. The Balaban J connectivity index is 0.000000260. The predicted molar refractivity (Wildman–Crippen MR) is 103 cm³/mol. The van der Waals surface area contributed by atoms with Gasteiger partial charge in [0, 0.05) is 0 Å². The Kier molecular flexibility index (Phi) is 7.91. The largest absolute Gasteiger partial charge is 0.295 e.